The summed E-state index contributed by atoms with van der Waals surface area (Å²) in [7, 11) is 1.63. The standard InChI is InChI=1S/C21H22FN3O/c1-4-18(21(26)23-3)25-13-24-19(15-8-6-5-7-9-15)20(25)16-10-11-17(22)14(2)12-16/h5-13,18H,4H2,1-3H3,(H,23,26)/t18-/m0/s1. The lowest BCUT2D eigenvalue weighted by atomic mass is 10.0. The number of nitrogens with one attached hydrogen (secondary N) is 1. The largest absolute Gasteiger partial charge is 0.357 e. The lowest BCUT2D eigenvalue weighted by molar-refractivity contribution is -0.123. The van der Waals surface area contributed by atoms with Crippen molar-refractivity contribution in [2.24, 2.45) is 0 Å². The third-order valence-electron chi connectivity index (χ3n) is 4.54. The third kappa shape index (κ3) is 3.25. The Kier molecular flexibility index (Phi) is 5.16. The fourth-order valence-electron chi connectivity index (χ4n) is 3.16. The Hall–Kier alpha value is -2.95. The molecule has 0 fully saturated rings. The number of hydrogen-bond acceptors (Lipinski definition) is 2. The number of carbonyl (C=O) groups excluding carboxylic acids is 1. The number of benzene rings is 2. The summed E-state index contributed by atoms with van der Waals surface area (Å²) in [4.78, 5) is 17.0. The zero-order valence-corrected chi connectivity index (χ0v) is 15.2. The molecular formula is C21H22FN3O. The molecule has 2 aromatic carbocycles. The number of rotatable bonds is 5. The Morgan fingerprint density at radius 3 is 2.54 bits per heavy atom. The van der Waals surface area contributed by atoms with Gasteiger partial charge in [-0.05, 0) is 37.1 Å². The van der Waals surface area contributed by atoms with Gasteiger partial charge in [0, 0.05) is 18.2 Å². The number of aromatic nitrogens is 2. The second kappa shape index (κ2) is 7.52. The van der Waals surface area contributed by atoms with Crippen molar-refractivity contribution in [3.63, 3.8) is 0 Å². The van der Waals surface area contributed by atoms with Gasteiger partial charge in [0.15, 0.2) is 0 Å². The summed E-state index contributed by atoms with van der Waals surface area (Å²) in [6.07, 6.45) is 2.32. The Morgan fingerprint density at radius 1 is 1.19 bits per heavy atom. The van der Waals surface area contributed by atoms with Crippen molar-refractivity contribution < 1.29 is 9.18 Å². The van der Waals surface area contributed by atoms with Gasteiger partial charge < -0.3 is 9.88 Å². The van der Waals surface area contributed by atoms with E-state index in [2.05, 4.69) is 10.3 Å². The minimum atomic E-state index is -0.384. The van der Waals surface area contributed by atoms with Crippen molar-refractivity contribution in [1.29, 1.82) is 0 Å². The van der Waals surface area contributed by atoms with E-state index < -0.39 is 0 Å². The smallest absolute Gasteiger partial charge is 0.242 e. The highest BCUT2D eigenvalue weighted by atomic mass is 19.1. The highest BCUT2D eigenvalue weighted by molar-refractivity contribution is 5.84. The quantitative estimate of drug-likeness (QED) is 0.742. The van der Waals surface area contributed by atoms with Crippen molar-refractivity contribution >= 4 is 5.91 Å². The molecule has 0 aliphatic rings. The molecule has 1 amide bonds. The first-order valence-electron chi connectivity index (χ1n) is 8.67. The van der Waals surface area contributed by atoms with E-state index in [1.807, 2.05) is 41.8 Å². The van der Waals surface area contributed by atoms with Crippen LogP contribution in [0.4, 0.5) is 4.39 Å². The first-order valence-corrected chi connectivity index (χ1v) is 8.67. The van der Waals surface area contributed by atoms with Gasteiger partial charge in [0.2, 0.25) is 5.91 Å². The van der Waals surface area contributed by atoms with E-state index in [1.165, 1.54) is 6.07 Å². The first-order chi connectivity index (χ1) is 12.6. The van der Waals surface area contributed by atoms with Crippen LogP contribution >= 0.6 is 0 Å². The predicted molar refractivity (Wildman–Crippen MR) is 101 cm³/mol. The van der Waals surface area contributed by atoms with Crippen LogP contribution in [0.25, 0.3) is 22.5 Å². The normalized spacial score (nSPS) is 12.0. The predicted octanol–water partition coefficient (Wildman–Crippen LogP) is 4.36. The number of imidazole rings is 1. The average Bonchev–Trinajstić information content (AvgIpc) is 3.10. The van der Waals surface area contributed by atoms with Gasteiger partial charge in [0.05, 0.1) is 17.7 Å². The van der Waals surface area contributed by atoms with Gasteiger partial charge in [0.25, 0.3) is 0 Å². The lowest BCUT2D eigenvalue weighted by Gasteiger charge is -2.19. The minimum absolute atomic E-state index is 0.0791. The van der Waals surface area contributed by atoms with Gasteiger partial charge in [-0.2, -0.15) is 0 Å². The molecule has 0 aliphatic carbocycles. The van der Waals surface area contributed by atoms with Gasteiger partial charge in [0.1, 0.15) is 11.9 Å². The zero-order chi connectivity index (χ0) is 18.7. The molecule has 0 spiro atoms. The van der Waals surface area contributed by atoms with Crippen molar-refractivity contribution in [1.82, 2.24) is 14.9 Å². The summed E-state index contributed by atoms with van der Waals surface area (Å²) >= 11 is 0. The fraction of sp³-hybridized carbons (Fsp3) is 0.238. The Bertz CT molecular complexity index is 918. The van der Waals surface area contributed by atoms with Crippen LogP contribution in [0.15, 0.2) is 54.9 Å². The molecule has 26 heavy (non-hydrogen) atoms. The molecule has 5 heteroatoms. The van der Waals surface area contributed by atoms with Gasteiger partial charge in [-0.15, -0.1) is 0 Å². The molecule has 0 aliphatic heterocycles. The third-order valence-corrected chi connectivity index (χ3v) is 4.54. The van der Waals surface area contributed by atoms with Crippen LogP contribution in [0.5, 0.6) is 0 Å². The monoisotopic (exact) mass is 351 g/mol. The van der Waals surface area contributed by atoms with Crippen molar-refractivity contribution in [3.8, 4) is 22.5 Å². The van der Waals surface area contributed by atoms with Crippen LogP contribution < -0.4 is 5.32 Å². The number of halogens is 1. The molecule has 3 rings (SSSR count). The van der Waals surface area contributed by atoms with Crippen molar-refractivity contribution in [3.05, 3.63) is 66.2 Å². The lowest BCUT2D eigenvalue weighted by Crippen LogP contribution is -2.29. The second-order valence-electron chi connectivity index (χ2n) is 6.22. The van der Waals surface area contributed by atoms with Crippen LogP contribution in [-0.4, -0.2) is 22.5 Å². The van der Waals surface area contributed by atoms with E-state index in [0.29, 0.717) is 12.0 Å². The summed E-state index contributed by atoms with van der Waals surface area (Å²) in [6.45, 7) is 3.69. The Morgan fingerprint density at radius 2 is 1.92 bits per heavy atom. The summed E-state index contributed by atoms with van der Waals surface area (Å²) in [5.74, 6) is -0.330. The maximum atomic E-state index is 13.8. The van der Waals surface area contributed by atoms with E-state index >= 15 is 0 Å². The fourth-order valence-corrected chi connectivity index (χ4v) is 3.16. The molecular weight excluding hydrogens is 329 g/mol. The summed E-state index contributed by atoms with van der Waals surface area (Å²) < 4.78 is 15.7. The summed E-state index contributed by atoms with van der Waals surface area (Å²) in [5.41, 5.74) is 3.94. The van der Waals surface area contributed by atoms with Gasteiger partial charge in [-0.3, -0.25) is 4.79 Å². The molecule has 0 saturated carbocycles. The molecule has 4 nitrogen and oxygen atoms in total. The first kappa shape index (κ1) is 17.9. The van der Waals surface area contributed by atoms with Crippen LogP contribution in [0.1, 0.15) is 24.9 Å². The van der Waals surface area contributed by atoms with Crippen LogP contribution in [-0.2, 0) is 4.79 Å². The summed E-state index contributed by atoms with van der Waals surface area (Å²) in [5, 5.41) is 2.72. The zero-order valence-electron chi connectivity index (χ0n) is 15.2. The van der Waals surface area contributed by atoms with E-state index in [-0.39, 0.29) is 17.8 Å². The molecule has 0 radical (unpaired) electrons. The summed E-state index contributed by atoms with van der Waals surface area (Å²) in [6, 6.07) is 14.4. The number of carbonyl (C=O) groups is 1. The topological polar surface area (TPSA) is 46.9 Å². The van der Waals surface area contributed by atoms with E-state index in [1.54, 1.807) is 32.4 Å². The average molecular weight is 351 g/mol. The Labute approximate surface area is 152 Å². The van der Waals surface area contributed by atoms with Crippen molar-refractivity contribution in [2.75, 3.05) is 7.05 Å². The molecule has 1 atom stereocenters. The molecule has 0 unspecified atom stereocenters. The highest BCUT2D eigenvalue weighted by Gasteiger charge is 2.24. The van der Waals surface area contributed by atoms with Crippen LogP contribution in [0.3, 0.4) is 0 Å². The van der Waals surface area contributed by atoms with Gasteiger partial charge in [-0.25, -0.2) is 9.37 Å². The maximum absolute atomic E-state index is 13.8. The number of likely N-dealkylation sites (N-methyl/N-ethyl adjacent to an activating group) is 1. The number of aryl methyl sites for hydroxylation is 1. The molecule has 0 saturated heterocycles. The second-order valence-corrected chi connectivity index (χ2v) is 6.22. The van der Waals surface area contributed by atoms with Crippen LogP contribution in [0, 0.1) is 12.7 Å². The molecule has 134 valence electrons. The van der Waals surface area contributed by atoms with E-state index in [4.69, 9.17) is 0 Å². The highest BCUT2D eigenvalue weighted by Crippen LogP contribution is 2.34. The number of nitrogens with zero attached hydrogens (tertiary/aromatic N) is 2. The van der Waals surface area contributed by atoms with Gasteiger partial charge >= 0.3 is 0 Å². The minimum Gasteiger partial charge on any atom is -0.357 e. The molecule has 1 heterocycles. The molecule has 3 aromatic rings. The molecule has 0 bridgehead atoms. The number of hydrogen-bond donors (Lipinski definition) is 1. The van der Waals surface area contributed by atoms with E-state index in [0.717, 1.165) is 22.5 Å². The molecule has 1 aromatic heterocycles. The SMILES string of the molecule is CC[C@@H](C(=O)NC)n1cnc(-c2ccccc2)c1-c1ccc(F)c(C)c1. The van der Waals surface area contributed by atoms with Gasteiger partial charge in [-0.1, -0.05) is 37.3 Å². The maximum Gasteiger partial charge on any atom is 0.242 e. The van der Waals surface area contributed by atoms with E-state index in [9.17, 15) is 9.18 Å². The molecule has 1 N–H and O–H groups in total. The number of amides is 1. The Balaban J connectivity index is 2.24. The van der Waals surface area contributed by atoms with Crippen molar-refractivity contribution in [2.45, 2.75) is 26.3 Å². The van der Waals surface area contributed by atoms with Crippen LogP contribution in [0.2, 0.25) is 0 Å².